The van der Waals surface area contributed by atoms with Crippen LogP contribution in [0.1, 0.15) is 162 Å². The fourth-order valence-corrected chi connectivity index (χ4v) is 8.22. The molecule has 0 radical (unpaired) electrons. The molecule has 42 heavy (non-hydrogen) atoms. The Hall–Kier alpha value is -1.24. The van der Waals surface area contributed by atoms with E-state index in [1.807, 2.05) is 0 Å². The van der Waals surface area contributed by atoms with Gasteiger partial charge in [-0.3, -0.25) is 13.2 Å². The molecule has 0 unspecified atom stereocenters. The zero-order chi connectivity index (χ0) is 31.7. The van der Waals surface area contributed by atoms with Gasteiger partial charge in [0.15, 0.2) is 0 Å². The summed E-state index contributed by atoms with van der Waals surface area (Å²) < 4.78 is 57.6. The van der Waals surface area contributed by atoms with E-state index in [9.17, 15) is 36.6 Å². The maximum Gasteiger partial charge on any atom is 0.346 e. The highest BCUT2D eigenvalue weighted by Gasteiger charge is 2.65. The van der Waals surface area contributed by atoms with Gasteiger partial charge in [0, 0.05) is 0 Å². The SMILES string of the molecule is CCCCCCCCCCCCCOS(=O)(=O)C(CC(=O)O)(C(=O)O)S(=O)(=O)OCCCCCCCCCCCCC. The van der Waals surface area contributed by atoms with Gasteiger partial charge >= 0.3 is 36.3 Å². The molecule has 0 rings (SSSR count). The quantitative estimate of drug-likeness (QED) is 0.0570. The van der Waals surface area contributed by atoms with Crippen LogP contribution >= 0.6 is 0 Å². The minimum Gasteiger partial charge on any atom is -0.481 e. The highest BCUT2D eigenvalue weighted by Crippen LogP contribution is 2.33. The van der Waals surface area contributed by atoms with Crippen LogP contribution in [-0.4, -0.2) is 56.3 Å². The average Bonchev–Trinajstić information content (AvgIpc) is 2.92. The summed E-state index contributed by atoms with van der Waals surface area (Å²) in [6, 6.07) is 0. The molecule has 0 aromatic rings. The molecule has 0 fully saturated rings. The first-order valence-corrected chi connectivity index (χ1v) is 19.0. The lowest BCUT2D eigenvalue weighted by Gasteiger charge is -2.26. The number of aliphatic carboxylic acids is 2. The van der Waals surface area contributed by atoms with Crippen LogP contribution < -0.4 is 0 Å². The van der Waals surface area contributed by atoms with Crippen molar-refractivity contribution >= 4 is 32.2 Å². The van der Waals surface area contributed by atoms with Gasteiger partial charge in [0.05, 0.1) is 19.6 Å². The van der Waals surface area contributed by atoms with E-state index in [-0.39, 0.29) is 12.8 Å². The molecule has 0 saturated heterocycles. The summed E-state index contributed by atoms with van der Waals surface area (Å²) in [5.74, 6) is -4.27. The van der Waals surface area contributed by atoms with Crippen LogP contribution in [0.15, 0.2) is 0 Å². The van der Waals surface area contributed by atoms with Gasteiger partial charge in [-0.2, -0.15) is 16.8 Å². The smallest absolute Gasteiger partial charge is 0.346 e. The van der Waals surface area contributed by atoms with E-state index in [0.29, 0.717) is 12.8 Å². The predicted octanol–water partition coefficient (Wildman–Crippen LogP) is 7.56. The molecule has 10 nitrogen and oxygen atoms in total. The van der Waals surface area contributed by atoms with Crippen molar-refractivity contribution in [1.82, 2.24) is 0 Å². The van der Waals surface area contributed by atoms with E-state index in [4.69, 9.17) is 8.37 Å². The lowest BCUT2D eigenvalue weighted by Crippen LogP contribution is -2.55. The van der Waals surface area contributed by atoms with Gasteiger partial charge in [-0.1, -0.05) is 142 Å². The highest BCUT2D eigenvalue weighted by molar-refractivity contribution is 8.07. The zero-order valence-electron chi connectivity index (χ0n) is 26.2. The molecule has 0 bridgehead atoms. The Bertz CT molecular complexity index is 858. The van der Waals surface area contributed by atoms with E-state index < -0.39 is 55.9 Å². The number of hydrogen-bond acceptors (Lipinski definition) is 8. The molecule has 0 heterocycles. The standard InChI is InChI=1S/C30H58O10S2/c1-3-5-7-9-11-13-15-17-19-21-23-25-39-41(35,36)30(29(33)34,27-28(31)32)42(37,38)40-26-24-22-20-18-16-14-12-10-8-6-4-2/h3-27H2,1-2H3,(H,31,32)(H,33,34). The molecule has 0 spiro atoms. The van der Waals surface area contributed by atoms with E-state index >= 15 is 0 Å². The number of carbonyl (C=O) groups is 2. The lowest BCUT2D eigenvalue weighted by molar-refractivity contribution is -0.144. The van der Waals surface area contributed by atoms with Crippen molar-refractivity contribution in [1.29, 1.82) is 0 Å². The van der Waals surface area contributed by atoms with Crippen LogP contribution in [0.2, 0.25) is 0 Å². The summed E-state index contributed by atoms with van der Waals surface area (Å²) >= 11 is 0. The number of carboxylic acids is 2. The van der Waals surface area contributed by atoms with Crippen LogP contribution in [-0.2, 0) is 38.2 Å². The monoisotopic (exact) mass is 642 g/mol. The first kappa shape index (κ1) is 40.8. The van der Waals surface area contributed by atoms with Gasteiger partial charge < -0.3 is 10.2 Å². The molecular formula is C30H58O10S2. The highest BCUT2D eigenvalue weighted by atomic mass is 32.3. The van der Waals surface area contributed by atoms with Gasteiger partial charge in [-0.05, 0) is 12.8 Å². The summed E-state index contributed by atoms with van der Waals surface area (Å²) in [5.41, 5.74) is 0. The second-order valence-electron chi connectivity index (χ2n) is 11.3. The third-order valence-electron chi connectivity index (χ3n) is 7.49. The van der Waals surface area contributed by atoms with Crippen molar-refractivity contribution < 1.29 is 45.0 Å². The summed E-state index contributed by atoms with van der Waals surface area (Å²) in [4.78, 5) is 23.6. The molecule has 250 valence electrons. The maximum absolute atomic E-state index is 13.0. The molecule has 0 aliphatic heterocycles. The number of hydrogen-bond donors (Lipinski definition) is 2. The number of unbranched alkanes of at least 4 members (excludes halogenated alkanes) is 20. The fourth-order valence-electron chi connectivity index (χ4n) is 4.85. The van der Waals surface area contributed by atoms with Crippen LogP contribution in [0.5, 0.6) is 0 Å². The van der Waals surface area contributed by atoms with Crippen LogP contribution in [0.3, 0.4) is 0 Å². The Balaban J connectivity index is 4.74. The Morgan fingerprint density at radius 2 is 0.762 bits per heavy atom. The Kier molecular flexibility index (Phi) is 23.4. The Morgan fingerprint density at radius 1 is 0.500 bits per heavy atom. The van der Waals surface area contributed by atoms with Crippen molar-refractivity contribution in [2.24, 2.45) is 0 Å². The Labute approximate surface area is 255 Å². The van der Waals surface area contributed by atoms with Gasteiger partial charge in [-0.25, -0.2) is 4.79 Å². The van der Waals surface area contributed by atoms with E-state index in [1.165, 1.54) is 64.2 Å². The minimum absolute atomic E-state index is 0.262. The van der Waals surface area contributed by atoms with Gasteiger partial charge in [-0.15, -0.1) is 0 Å². The number of carboxylic acid groups (broad SMARTS) is 2. The first-order chi connectivity index (χ1) is 20.0. The largest absolute Gasteiger partial charge is 0.481 e. The lowest BCUT2D eigenvalue weighted by atomic mass is 10.1. The molecule has 2 N–H and O–H groups in total. The van der Waals surface area contributed by atoms with Crippen LogP contribution in [0.25, 0.3) is 0 Å². The van der Waals surface area contributed by atoms with Crippen LogP contribution in [0, 0.1) is 0 Å². The third kappa shape index (κ3) is 16.6. The molecule has 0 aliphatic carbocycles. The normalized spacial score (nSPS) is 12.5. The second kappa shape index (κ2) is 24.1. The average molecular weight is 643 g/mol. The van der Waals surface area contributed by atoms with Gasteiger partial charge in [0.25, 0.3) is 0 Å². The molecule has 0 aromatic carbocycles. The molecule has 0 aromatic heterocycles. The predicted molar refractivity (Wildman–Crippen MR) is 165 cm³/mol. The van der Waals surface area contributed by atoms with E-state index in [1.54, 1.807) is 0 Å². The molecule has 0 atom stereocenters. The fraction of sp³-hybridized carbons (Fsp3) is 0.933. The minimum atomic E-state index is -5.41. The topological polar surface area (TPSA) is 161 Å². The van der Waals surface area contributed by atoms with Gasteiger partial charge in [0.1, 0.15) is 0 Å². The summed E-state index contributed by atoms with van der Waals surface area (Å²) in [7, 11) is -10.8. The van der Waals surface area contributed by atoms with E-state index in [0.717, 1.165) is 51.4 Å². The van der Waals surface area contributed by atoms with Crippen molar-refractivity contribution in [3.05, 3.63) is 0 Å². The number of rotatable bonds is 31. The molecular weight excluding hydrogens is 584 g/mol. The third-order valence-corrected chi connectivity index (χ3v) is 11.9. The first-order valence-electron chi connectivity index (χ1n) is 16.2. The second-order valence-corrected chi connectivity index (χ2v) is 15.2. The van der Waals surface area contributed by atoms with E-state index in [2.05, 4.69) is 13.8 Å². The van der Waals surface area contributed by atoms with Crippen molar-refractivity contribution in [2.45, 2.75) is 166 Å². The van der Waals surface area contributed by atoms with Crippen molar-refractivity contribution in [2.75, 3.05) is 13.2 Å². The summed E-state index contributed by atoms with van der Waals surface area (Å²) in [6.45, 7) is 3.47. The summed E-state index contributed by atoms with van der Waals surface area (Å²) in [6.07, 6.45) is 20.3. The van der Waals surface area contributed by atoms with Crippen molar-refractivity contribution in [3.63, 3.8) is 0 Å². The van der Waals surface area contributed by atoms with Crippen molar-refractivity contribution in [3.8, 4) is 0 Å². The Morgan fingerprint density at radius 3 is 1.00 bits per heavy atom. The van der Waals surface area contributed by atoms with Crippen LogP contribution in [0.4, 0.5) is 0 Å². The zero-order valence-corrected chi connectivity index (χ0v) is 27.8. The summed E-state index contributed by atoms with van der Waals surface area (Å²) in [5, 5.41) is 19.0. The molecule has 0 saturated carbocycles. The van der Waals surface area contributed by atoms with Gasteiger partial charge in [0.2, 0.25) is 0 Å². The molecule has 0 aliphatic rings. The maximum atomic E-state index is 13.0. The molecule has 12 heteroatoms. The molecule has 0 amide bonds.